The fraction of sp³-hybridized carbons (Fsp3) is 0.667. The Morgan fingerprint density at radius 3 is 2.16 bits per heavy atom. The molecule has 1 saturated heterocycles. The number of para-hydroxylation sites is 1. The van der Waals surface area contributed by atoms with Crippen LogP contribution < -0.4 is 20.6 Å². The number of ether oxygens (including phenoxy) is 3. The molecule has 0 saturated carbocycles. The maximum Gasteiger partial charge on any atom is 0.459 e. The molecule has 280 valence electrons. The number of benzene rings is 1. The van der Waals surface area contributed by atoms with Crippen molar-refractivity contribution >= 4 is 25.4 Å². The SMILES string of the molecule is CCCCCCCCCCCCCCCC(=O)Nc1ccn([C@@H]2CO[C@H](COP(=O)(N[C@@H](C)C(=O)OC(C)C)Oc3ccccc3)O2)c(=O)n1. The lowest BCUT2D eigenvalue weighted by molar-refractivity contribution is -0.149. The molecule has 1 aliphatic heterocycles. The van der Waals surface area contributed by atoms with Crippen LogP contribution in [-0.2, 0) is 32.9 Å². The molecule has 0 bridgehead atoms. The van der Waals surface area contributed by atoms with Crippen molar-refractivity contribution < 1.29 is 37.4 Å². The monoisotopic (exact) mass is 720 g/mol. The van der Waals surface area contributed by atoms with Gasteiger partial charge in [0, 0.05) is 12.6 Å². The number of aromatic nitrogens is 2. The summed E-state index contributed by atoms with van der Waals surface area (Å²) in [5, 5.41) is 5.31. The van der Waals surface area contributed by atoms with Crippen molar-refractivity contribution in [2.45, 2.75) is 142 Å². The first kappa shape index (κ1) is 41.3. The molecule has 1 unspecified atom stereocenters. The van der Waals surface area contributed by atoms with E-state index >= 15 is 0 Å². The molecule has 1 aromatic heterocycles. The van der Waals surface area contributed by atoms with Gasteiger partial charge in [-0.1, -0.05) is 102 Å². The Hall–Kier alpha value is -3.09. The van der Waals surface area contributed by atoms with E-state index in [1.807, 2.05) is 0 Å². The minimum atomic E-state index is -4.12. The maximum absolute atomic E-state index is 13.7. The van der Waals surface area contributed by atoms with E-state index in [1.165, 1.54) is 88.0 Å². The summed E-state index contributed by atoms with van der Waals surface area (Å²) in [6, 6.07) is 8.88. The number of anilines is 1. The molecule has 2 heterocycles. The zero-order valence-electron chi connectivity index (χ0n) is 30.2. The zero-order valence-corrected chi connectivity index (χ0v) is 31.1. The number of unbranched alkanes of at least 4 members (excludes halogenated alkanes) is 12. The maximum atomic E-state index is 13.7. The minimum absolute atomic E-state index is 0.00520. The fourth-order valence-electron chi connectivity index (χ4n) is 5.38. The second kappa shape index (κ2) is 22.7. The number of amides is 1. The summed E-state index contributed by atoms with van der Waals surface area (Å²) >= 11 is 0. The van der Waals surface area contributed by atoms with Crippen LogP contribution in [0, 0.1) is 0 Å². The Bertz CT molecular complexity index is 1390. The number of nitrogens with one attached hydrogen (secondary N) is 2. The van der Waals surface area contributed by atoms with E-state index in [9.17, 15) is 18.9 Å². The second-order valence-corrected chi connectivity index (χ2v) is 14.6. The number of esters is 1. The van der Waals surface area contributed by atoms with Crippen LogP contribution in [0.2, 0.25) is 0 Å². The molecule has 4 atom stereocenters. The molecular formula is C36H57N4O9P. The van der Waals surface area contributed by atoms with Gasteiger partial charge in [0.15, 0.2) is 12.5 Å². The predicted molar refractivity (Wildman–Crippen MR) is 192 cm³/mol. The zero-order chi connectivity index (χ0) is 36.2. The summed E-state index contributed by atoms with van der Waals surface area (Å²) in [5.74, 6) is -0.383. The second-order valence-electron chi connectivity index (χ2n) is 12.9. The highest BCUT2D eigenvalue weighted by atomic mass is 31.2. The first-order valence-electron chi connectivity index (χ1n) is 18.2. The van der Waals surface area contributed by atoms with Gasteiger partial charge < -0.3 is 24.1 Å². The van der Waals surface area contributed by atoms with Crippen LogP contribution in [0.1, 0.15) is 124 Å². The molecule has 1 aliphatic rings. The summed E-state index contributed by atoms with van der Waals surface area (Å²) in [7, 11) is -4.12. The third kappa shape index (κ3) is 15.9. The van der Waals surface area contributed by atoms with Crippen molar-refractivity contribution in [3.05, 3.63) is 53.1 Å². The topological polar surface area (TPSA) is 156 Å². The van der Waals surface area contributed by atoms with Crippen molar-refractivity contribution in [1.29, 1.82) is 0 Å². The van der Waals surface area contributed by atoms with E-state index in [4.69, 9.17) is 23.3 Å². The summed E-state index contributed by atoms with van der Waals surface area (Å²) < 4.78 is 42.8. The van der Waals surface area contributed by atoms with Crippen LogP contribution >= 0.6 is 7.75 Å². The van der Waals surface area contributed by atoms with Gasteiger partial charge in [-0.15, -0.1) is 0 Å². The summed E-state index contributed by atoms with van der Waals surface area (Å²) in [4.78, 5) is 41.6. The lowest BCUT2D eigenvalue weighted by atomic mass is 10.0. The van der Waals surface area contributed by atoms with E-state index < -0.39 is 38.0 Å². The summed E-state index contributed by atoms with van der Waals surface area (Å²) in [5.41, 5.74) is -0.629. The van der Waals surface area contributed by atoms with Gasteiger partial charge in [-0.3, -0.25) is 18.7 Å². The molecule has 0 spiro atoms. The van der Waals surface area contributed by atoms with E-state index in [1.54, 1.807) is 44.2 Å². The van der Waals surface area contributed by atoms with Gasteiger partial charge in [-0.25, -0.2) is 9.36 Å². The molecule has 1 aromatic carbocycles. The van der Waals surface area contributed by atoms with Crippen LogP contribution in [0.25, 0.3) is 0 Å². The summed E-state index contributed by atoms with van der Waals surface area (Å²) in [6.07, 6.45) is 15.7. The Morgan fingerprint density at radius 2 is 1.56 bits per heavy atom. The van der Waals surface area contributed by atoms with Crippen molar-refractivity contribution in [2.24, 2.45) is 0 Å². The average Bonchev–Trinajstić information content (AvgIpc) is 3.55. The van der Waals surface area contributed by atoms with E-state index in [-0.39, 0.29) is 36.8 Å². The molecule has 1 amide bonds. The van der Waals surface area contributed by atoms with Gasteiger partial charge in [0.1, 0.15) is 24.2 Å². The van der Waals surface area contributed by atoms with Gasteiger partial charge in [-0.05, 0) is 45.4 Å². The van der Waals surface area contributed by atoms with E-state index in [2.05, 4.69) is 22.3 Å². The molecule has 2 N–H and O–H groups in total. The highest BCUT2D eigenvalue weighted by molar-refractivity contribution is 7.52. The standard InChI is InChI=1S/C36H57N4O9P/c1-5-6-7-8-9-10-11-12-13-14-15-16-20-23-32(41)37-31-24-25-40(36(43)38-31)33-26-45-34(48-33)27-46-50(44,49-30-21-18-17-19-22-30)39-29(4)35(42)47-28(2)3/h17-19,21-22,24-25,28-29,33-34H,5-16,20,23,26-27H2,1-4H3,(H,39,44)(H,37,38,41,43)/t29-,33-,34-,50?/m0/s1. The van der Waals surface area contributed by atoms with E-state index in [0.29, 0.717) is 6.42 Å². The quantitative estimate of drug-likeness (QED) is 0.0590. The van der Waals surface area contributed by atoms with Crippen molar-refractivity contribution in [1.82, 2.24) is 14.6 Å². The van der Waals surface area contributed by atoms with Crippen LogP contribution in [0.5, 0.6) is 5.75 Å². The van der Waals surface area contributed by atoms with Crippen LogP contribution in [0.15, 0.2) is 47.4 Å². The van der Waals surface area contributed by atoms with Gasteiger partial charge >= 0.3 is 19.4 Å². The molecule has 13 nitrogen and oxygen atoms in total. The van der Waals surface area contributed by atoms with Gasteiger partial charge in [0.25, 0.3) is 0 Å². The normalized spacial score (nSPS) is 17.7. The molecule has 14 heteroatoms. The molecule has 0 radical (unpaired) electrons. The van der Waals surface area contributed by atoms with Crippen LogP contribution in [0.3, 0.4) is 0 Å². The first-order valence-corrected chi connectivity index (χ1v) is 19.8. The number of carbonyl (C=O) groups is 2. The van der Waals surface area contributed by atoms with Gasteiger partial charge in [-0.2, -0.15) is 10.1 Å². The minimum Gasteiger partial charge on any atom is -0.462 e. The number of nitrogens with zero attached hydrogens (tertiary/aromatic N) is 2. The summed E-state index contributed by atoms with van der Waals surface area (Å²) in [6.45, 7) is 6.80. The molecule has 1 fully saturated rings. The van der Waals surface area contributed by atoms with Crippen LogP contribution in [0.4, 0.5) is 5.82 Å². The predicted octanol–water partition coefficient (Wildman–Crippen LogP) is 7.67. The van der Waals surface area contributed by atoms with Crippen molar-refractivity contribution in [3.8, 4) is 5.75 Å². The van der Waals surface area contributed by atoms with Gasteiger partial charge in [0.05, 0.1) is 12.7 Å². The Morgan fingerprint density at radius 1 is 0.940 bits per heavy atom. The number of carbonyl (C=O) groups excluding carboxylic acids is 2. The lowest BCUT2D eigenvalue weighted by Gasteiger charge is -2.24. The first-order chi connectivity index (χ1) is 24.1. The van der Waals surface area contributed by atoms with Gasteiger partial charge in [0.2, 0.25) is 5.91 Å². The average molecular weight is 721 g/mol. The molecule has 0 aliphatic carbocycles. The third-order valence-corrected chi connectivity index (χ3v) is 9.70. The lowest BCUT2D eigenvalue weighted by Crippen LogP contribution is -2.36. The molecule has 2 aromatic rings. The van der Waals surface area contributed by atoms with E-state index in [0.717, 1.165) is 19.3 Å². The molecule has 3 rings (SSSR count). The Balaban J connectivity index is 1.39. The van der Waals surface area contributed by atoms with Crippen LogP contribution in [-0.4, -0.2) is 53.1 Å². The third-order valence-electron chi connectivity index (χ3n) is 8.06. The van der Waals surface area contributed by atoms with Crippen molar-refractivity contribution in [2.75, 3.05) is 18.5 Å². The number of rotatable bonds is 25. The number of hydrogen-bond donors (Lipinski definition) is 2. The largest absolute Gasteiger partial charge is 0.462 e. The Kier molecular flexibility index (Phi) is 18.7. The smallest absolute Gasteiger partial charge is 0.459 e. The molecular weight excluding hydrogens is 663 g/mol. The number of hydrogen-bond acceptors (Lipinski definition) is 10. The molecule has 50 heavy (non-hydrogen) atoms. The highest BCUT2D eigenvalue weighted by Crippen LogP contribution is 2.45. The fourth-order valence-corrected chi connectivity index (χ4v) is 6.86. The Labute approximate surface area is 296 Å². The van der Waals surface area contributed by atoms with Crippen molar-refractivity contribution in [3.63, 3.8) is 0 Å². The highest BCUT2D eigenvalue weighted by Gasteiger charge is 2.36.